The maximum atomic E-state index is 12.1. The lowest BCUT2D eigenvalue weighted by Crippen LogP contribution is -2.44. The molecule has 1 aliphatic heterocycles. The molecule has 1 aromatic rings. The Morgan fingerprint density at radius 3 is 2.63 bits per heavy atom. The molecule has 1 aromatic carbocycles. The Bertz CT molecular complexity index is 689. The van der Waals surface area contributed by atoms with Crippen molar-refractivity contribution >= 4 is 12.0 Å². The summed E-state index contributed by atoms with van der Waals surface area (Å²) in [5.74, 6) is -0.384. The number of benzene rings is 1. The summed E-state index contributed by atoms with van der Waals surface area (Å²) in [7, 11) is 0. The number of nitrogens with zero attached hydrogens (tertiary/aromatic N) is 2. The summed E-state index contributed by atoms with van der Waals surface area (Å²) in [6.45, 7) is 3.81. The molecule has 0 spiro atoms. The van der Waals surface area contributed by atoms with E-state index in [4.69, 9.17) is 4.74 Å². The molecule has 0 atom stereocenters. The van der Waals surface area contributed by atoms with Crippen LogP contribution in [-0.2, 0) is 16.0 Å². The van der Waals surface area contributed by atoms with Crippen molar-refractivity contribution in [1.82, 2.24) is 15.5 Å². The summed E-state index contributed by atoms with van der Waals surface area (Å²) in [5.41, 5.74) is 1.18. The monoisotopic (exact) mass is 370 g/mol. The van der Waals surface area contributed by atoms with E-state index < -0.39 is 0 Å². The van der Waals surface area contributed by atoms with Crippen LogP contribution in [0.1, 0.15) is 25.3 Å². The number of hydrogen-bond donors (Lipinski definition) is 2. The van der Waals surface area contributed by atoms with Gasteiger partial charge in [0, 0.05) is 31.9 Å². The quantitative estimate of drug-likeness (QED) is 0.565. The summed E-state index contributed by atoms with van der Waals surface area (Å²) < 4.78 is 4.99. The van der Waals surface area contributed by atoms with E-state index in [0.717, 1.165) is 18.4 Å². The predicted octanol–water partition coefficient (Wildman–Crippen LogP) is 1.96. The molecule has 1 aliphatic rings. The van der Waals surface area contributed by atoms with Crippen molar-refractivity contribution in [3.63, 3.8) is 0 Å². The van der Waals surface area contributed by atoms with Gasteiger partial charge in [-0.2, -0.15) is 5.26 Å². The van der Waals surface area contributed by atoms with Crippen molar-refractivity contribution < 1.29 is 14.3 Å². The summed E-state index contributed by atoms with van der Waals surface area (Å²) in [6.07, 6.45) is 3.38. The number of nitrogens with one attached hydrogen (secondary N) is 2. The Morgan fingerprint density at radius 1 is 1.30 bits per heavy atom. The van der Waals surface area contributed by atoms with Crippen molar-refractivity contribution in [3.8, 4) is 6.07 Å². The summed E-state index contributed by atoms with van der Waals surface area (Å²) in [4.78, 5) is 25.5. The molecule has 1 heterocycles. The van der Waals surface area contributed by atoms with Gasteiger partial charge in [-0.05, 0) is 31.7 Å². The molecule has 0 aliphatic carbocycles. The van der Waals surface area contributed by atoms with Crippen LogP contribution in [0.3, 0.4) is 0 Å². The highest BCUT2D eigenvalue weighted by Crippen LogP contribution is 2.11. The Hall–Kier alpha value is -3.01. The molecule has 0 radical (unpaired) electrons. The number of rotatable bonds is 7. The zero-order chi connectivity index (χ0) is 19.5. The smallest absolute Gasteiger partial charge is 0.409 e. The van der Waals surface area contributed by atoms with E-state index in [1.807, 2.05) is 36.4 Å². The highest BCUT2D eigenvalue weighted by molar-refractivity contribution is 5.97. The van der Waals surface area contributed by atoms with Gasteiger partial charge in [-0.3, -0.25) is 4.79 Å². The zero-order valence-electron chi connectivity index (χ0n) is 15.6. The molecule has 7 heteroatoms. The van der Waals surface area contributed by atoms with E-state index in [1.165, 1.54) is 6.20 Å². The lowest BCUT2D eigenvalue weighted by molar-refractivity contribution is -0.117. The third-order valence-corrected chi connectivity index (χ3v) is 4.39. The molecule has 0 saturated carbocycles. The number of ether oxygens (including phenoxy) is 1. The van der Waals surface area contributed by atoms with Crippen LogP contribution in [0.25, 0.3) is 0 Å². The van der Waals surface area contributed by atoms with Gasteiger partial charge in [-0.25, -0.2) is 4.79 Å². The van der Waals surface area contributed by atoms with Crippen molar-refractivity contribution in [2.75, 3.05) is 26.2 Å². The molecular weight excluding hydrogens is 344 g/mol. The Morgan fingerprint density at radius 2 is 2.00 bits per heavy atom. The first-order chi connectivity index (χ1) is 13.1. The third-order valence-electron chi connectivity index (χ3n) is 4.39. The minimum Gasteiger partial charge on any atom is -0.450 e. The van der Waals surface area contributed by atoms with Crippen LogP contribution in [0.15, 0.2) is 42.1 Å². The third kappa shape index (κ3) is 6.66. The minimum absolute atomic E-state index is 0.0517. The standard InChI is InChI=1S/C20H26N4O3/c1-2-27-20(26)24-12-9-18(10-13-24)23-15-17(14-21)19(25)22-11-8-16-6-4-3-5-7-16/h3-7,15,18,23H,2,8-13H2,1H3,(H,22,25)/b17-15-. The van der Waals surface area contributed by atoms with Crippen molar-refractivity contribution in [2.45, 2.75) is 32.2 Å². The topological polar surface area (TPSA) is 94.5 Å². The maximum absolute atomic E-state index is 12.1. The van der Waals surface area contributed by atoms with E-state index in [-0.39, 0.29) is 23.6 Å². The van der Waals surface area contributed by atoms with Gasteiger partial charge < -0.3 is 20.3 Å². The normalized spacial score (nSPS) is 15.0. The van der Waals surface area contributed by atoms with Crippen LogP contribution in [0.5, 0.6) is 0 Å². The van der Waals surface area contributed by atoms with Crippen molar-refractivity contribution in [1.29, 1.82) is 5.26 Å². The molecular formula is C20H26N4O3. The molecule has 0 aromatic heterocycles. The number of carbonyl (C=O) groups is 2. The molecule has 7 nitrogen and oxygen atoms in total. The van der Waals surface area contributed by atoms with E-state index >= 15 is 0 Å². The first kappa shape index (κ1) is 20.3. The number of hydrogen-bond acceptors (Lipinski definition) is 5. The van der Waals surface area contributed by atoms with E-state index in [0.29, 0.717) is 32.7 Å². The Kier molecular flexibility index (Phi) is 8.17. The second kappa shape index (κ2) is 10.9. The first-order valence-electron chi connectivity index (χ1n) is 9.24. The second-order valence-corrected chi connectivity index (χ2v) is 6.29. The lowest BCUT2D eigenvalue weighted by atomic mass is 10.1. The molecule has 2 N–H and O–H groups in total. The maximum Gasteiger partial charge on any atom is 0.409 e. The van der Waals surface area contributed by atoms with E-state index in [1.54, 1.807) is 11.8 Å². The highest BCUT2D eigenvalue weighted by atomic mass is 16.6. The van der Waals surface area contributed by atoms with Crippen molar-refractivity contribution in [2.24, 2.45) is 0 Å². The molecule has 2 amide bonds. The average Bonchev–Trinajstić information content (AvgIpc) is 2.70. The number of nitriles is 1. The van der Waals surface area contributed by atoms with Crippen molar-refractivity contribution in [3.05, 3.63) is 47.7 Å². The lowest BCUT2D eigenvalue weighted by Gasteiger charge is -2.31. The van der Waals surface area contributed by atoms with Gasteiger partial charge in [0.1, 0.15) is 11.6 Å². The number of carbonyl (C=O) groups excluding carboxylic acids is 2. The van der Waals surface area contributed by atoms with Crippen LogP contribution >= 0.6 is 0 Å². The van der Waals surface area contributed by atoms with Gasteiger partial charge in [0.2, 0.25) is 0 Å². The van der Waals surface area contributed by atoms with Crippen LogP contribution < -0.4 is 10.6 Å². The van der Waals surface area contributed by atoms with Crippen LogP contribution in [-0.4, -0.2) is 49.2 Å². The molecule has 1 fully saturated rings. The Labute approximate surface area is 160 Å². The summed E-state index contributed by atoms with van der Waals surface area (Å²) in [6, 6.07) is 11.9. The molecule has 0 bridgehead atoms. The van der Waals surface area contributed by atoms with Gasteiger partial charge in [0.25, 0.3) is 5.91 Å². The minimum atomic E-state index is -0.384. The van der Waals surface area contributed by atoms with Crippen LogP contribution in [0.2, 0.25) is 0 Å². The number of amides is 2. The molecule has 1 saturated heterocycles. The van der Waals surface area contributed by atoms with E-state index in [9.17, 15) is 14.9 Å². The van der Waals surface area contributed by atoms with Crippen LogP contribution in [0, 0.1) is 11.3 Å². The van der Waals surface area contributed by atoms with Crippen LogP contribution in [0.4, 0.5) is 4.79 Å². The number of piperidine rings is 1. The summed E-state index contributed by atoms with van der Waals surface area (Å²) in [5, 5.41) is 15.1. The van der Waals surface area contributed by atoms with Gasteiger partial charge in [0.15, 0.2) is 0 Å². The van der Waals surface area contributed by atoms with Gasteiger partial charge in [-0.15, -0.1) is 0 Å². The number of likely N-dealkylation sites (tertiary alicyclic amines) is 1. The molecule has 2 rings (SSSR count). The largest absolute Gasteiger partial charge is 0.450 e. The predicted molar refractivity (Wildman–Crippen MR) is 102 cm³/mol. The molecule has 144 valence electrons. The second-order valence-electron chi connectivity index (χ2n) is 6.29. The fraction of sp³-hybridized carbons (Fsp3) is 0.450. The average molecular weight is 370 g/mol. The van der Waals surface area contributed by atoms with Gasteiger partial charge >= 0.3 is 6.09 Å². The fourth-order valence-electron chi connectivity index (χ4n) is 2.85. The van der Waals surface area contributed by atoms with Gasteiger partial charge in [-0.1, -0.05) is 30.3 Å². The highest BCUT2D eigenvalue weighted by Gasteiger charge is 2.23. The first-order valence-corrected chi connectivity index (χ1v) is 9.24. The summed E-state index contributed by atoms with van der Waals surface area (Å²) >= 11 is 0. The van der Waals surface area contributed by atoms with E-state index in [2.05, 4.69) is 10.6 Å². The zero-order valence-corrected chi connectivity index (χ0v) is 15.6. The molecule has 27 heavy (non-hydrogen) atoms. The molecule has 0 unspecified atom stereocenters. The SMILES string of the molecule is CCOC(=O)N1CCC(N/C=C(/C#N)C(=O)NCCc2ccccc2)CC1. The van der Waals surface area contributed by atoms with Gasteiger partial charge in [0.05, 0.1) is 6.61 Å². The fourth-order valence-corrected chi connectivity index (χ4v) is 2.85. The Balaban J connectivity index is 1.74.